The second kappa shape index (κ2) is 8.67. The third kappa shape index (κ3) is 5.80. The zero-order valence-corrected chi connectivity index (χ0v) is 11.2. The van der Waals surface area contributed by atoms with Gasteiger partial charge in [0.2, 0.25) is 0 Å². The Balaban J connectivity index is 4.49. The van der Waals surface area contributed by atoms with Crippen LogP contribution in [0.3, 0.4) is 0 Å². The molecule has 0 aliphatic carbocycles. The maximum absolute atomic E-state index is 13.2. The van der Waals surface area contributed by atoms with Crippen LogP contribution >= 0.6 is 15.9 Å². The fourth-order valence-corrected chi connectivity index (χ4v) is 1.41. The molecule has 0 rings (SSSR count). The number of carbonyl (C=O) groups is 3. The first kappa shape index (κ1) is 16.6. The molecule has 0 aliphatic heterocycles. The molecule has 18 heavy (non-hydrogen) atoms. The van der Waals surface area contributed by atoms with Gasteiger partial charge in [-0.05, 0) is 0 Å². The lowest BCUT2D eigenvalue weighted by atomic mass is 10.2. The van der Waals surface area contributed by atoms with Crippen LogP contribution in [-0.2, 0) is 23.7 Å². The van der Waals surface area contributed by atoms with Gasteiger partial charge < -0.3 is 18.9 Å². The van der Waals surface area contributed by atoms with Crippen LogP contribution < -0.4 is 0 Å². The topological polar surface area (TPSA) is 88.1 Å². The van der Waals surface area contributed by atoms with E-state index in [1.807, 2.05) is 0 Å². The van der Waals surface area contributed by atoms with Crippen molar-refractivity contribution in [3.05, 3.63) is 0 Å². The monoisotopic (exact) mass is 330 g/mol. The van der Waals surface area contributed by atoms with Gasteiger partial charge in [0, 0.05) is 0 Å². The number of halogens is 2. The number of rotatable bonds is 6. The summed E-state index contributed by atoms with van der Waals surface area (Å²) in [5.41, 5.74) is 0. The fraction of sp³-hybridized carbons (Fsp3) is 0.667. The van der Waals surface area contributed by atoms with E-state index < -0.39 is 29.4 Å². The normalized spacial score (nSPS) is 14.9. The molecule has 0 aromatic heterocycles. The molecule has 0 spiro atoms. The molecular formula is C9H12BrFO7. The average molecular weight is 331 g/mol. The van der Waals surface area contributed by atoms with Crippen molar-refractivity contribution in [3.8, 4) is 0 Å². The molecule has 104 valence electrons. The molecule has 0 aromatic rings. The Morgan fingerprint density at radius 2 is 1.83 bits per heavy atom. The number of ether oxygens (including phenoxy) is 4. The highest BCUT2D eigenvalue weighted by atomic mass is 79.9. The van der Waals surface area contributed by atoms with Crippen molar-refractivity contribution in [2.45, 2.75) is 17.1 Å². The van der Waals surface area contributed by atoms with Crippen LogP contribution in [0.5, 0.6) is 0 Å². The molecule has 0 saturated carbocycles. The first-order chi connectivity index (χ1) is 8.46. The zero-order chi connectivity index (χ0) is 14.1. The van der Waals surface area contributed by atoms with E-state index in [1.165, 1.54) is 0 Å². The molecule has 9 heteroatoms. The number of hydrogen-bond acceptors (Lipinski definition) is 7. The molecule has 0 radical (unpaired) electrons. The second-order valence-electron chi connectivity index (χ2n) is 2.90. The third-order valence-corrected chi connectivity index (χ3v) is 2.51. The first-order valence-electron chi connectivity index (χ1n) is 4.65. The number of hydrogen-bond donors (Lipinski definition) is 0. The Morgan fingerprint density at radius 1 is 1.28 bits per heavy atom. The third-order valence-electron chi connectivity index (χ3n) is 1.73. The Hall–Kier alpha value is -1.38. The summed E-state index contributed by atoms with van der Waals surface area (Å²) in [6, 6.07) is 0. The summed E-state index contributed by atoms with van der Waals surface area (Å²) in [6.45, 7) is -0.359. The van der Waals surface area contributed by atoms with Gasteiger partial charge in [-0.3, -0.25) is 4.79 Å². The average Bonchev–Trinajstić information content (AvgIpc) is 2.40. The predicted molar refractivity (Wildman–Crippen MR) is 59.3 cm³/mol. The lowest BCUT2D eigenvalue weighted by molar-refractivity contribution is -0.116. The van der Waals surface area contributed by atoms with Gasteiger partial charge in [0.25, 0.3) is 0 Å². The van der Waals surface area contributed by atoms with Gasteiger partial charge in [0.1, 0.15) is 6.61 Å². The van der Waals surface area contributed by atoms with Crippen molar-refractivity contribution in [1.82, 2.24) is 0 Å². The molecule has 0 saturated heterocycles. The molecule has 0 aliphatic rings. The second-order valence-corrected chi connectivity index (χ2v) is 4.07. The van der Waals surface area contributed by atoms with Gasteiger partial charge in [-0.1, -0.05) is 15.9 Å². The molecule has 0 unspecified atom stereocenters. The first-order valence-corrected chi connectivity index (χ1v) is 5.56. The summed E-state index contributed by atoms with van der Waals surface area (Å²) in [4.78, 5) is 31.0. The van der Waals surface area contributed by atoms with Crippen LogP contribution in [0.2, 0.25) is 0 Å². The van der Waals surface area contributed by atoms with Crippen LogP contribution in [-0.4, -0.2) is 56.5 Å². The van der Waals surface area contributed by atoms with Gasteiger partial charge in [-0.15, -0.1) is 0 Å². The molecule has 0 aromatic carbocycles. The Labute approximate surface area is 111 Å². The highest BCUT2D eigenvalue weighted by Crippen LogP contribution is 2.16. The van der Waals surface area contributed by atoms with Gasteiger partial charge in [-0.25, -0.2) is 14.0 Å². The standard InChI is InChI=1S/C9H12BrFO7/c1-15-8(13)17-4-5(10)7(6(11)3-12)18-9(14)16-2/h3,5-7H,4H2,1-2H3/t5-,6+,7+/m0/s1. The smallest absolute Gasteiger partial charge is 0.438 e. The van der Waals surface area contributed by atoms with Crippen LogP contribution in [0.15, 0.2) is 0 Å². The summed E-state index contributed by atoms with van der Waals surface area (Å²) in [6.07, 6.45) is -5.76. The Morgan fingerprint density at radius 3 is 2.28 bits per heavy atom. The van der Waals surface area contributed by atoms with E-state index in [0.29, 0.717) is 0 Å². The lowest BCUT2D eigenvalue weighted by Gasteiger charge is -2.22. The number of methoxy groups -OCH3 is 2. The van der Waals surface area contributed by atoms with E-state index in [9.17, 15) is 18.8 Å². The predicted octanol–water partition coefficient (Wildman–Crippen LogP) is 1.22. The van der Waals surface area contributed by atoms with Gasteiger partial charge in [0.15, 0.2) is 18.6 Å². The van der Waals surface area contributed by atoms with Crippen molar-refractivity contribution >= 4 is 34.5 Å². The summed E-state index contributed by atoms with van der Waals surface area (Å²) in [7, 11) is 2.12. The zero-order valence-electron chi connectivity index (χ0n) is 9.63. The minimum atomic E-state index is -2.09. The molecule has 0 bridgehead atoms. The number of alkyl halides is 2. The Kier molecular flexibility index (Phi) is 8.01. The largest absolute Gasteiger partial charge is 0.508 e. The van der Waals surface area contributed by atoms with E-state index in [1.54, 1.807) is 0 Å². The summed E-state index contributed by atoms with van der Waals surface area (Å²) in [5.74, 6) is 0. The molecule has 7 nitrogen and oxygen atoms in total. The van der Waals surface area contributed by atoms with E-state index in [-0.39, 0.29) is 12.9 Å². The molecule has 0 fully saturated rings. The summed E-state index contributed by atoms with van der Waals surface area (Å²) >= 11 is 2.94. The molecule has 0 heterocycles. The molecular weight excluding hydrogens is 319 g/mol. The quantitative estimate of drug-likeness (QED) is 0.411. The van der Waals surface area contributed by atoms with Crippen molar-refractivity contribution < 1.29 is 37.7 Å². The Bertz CT molecular complexity index is 299. The maximum Gasteiger partial charge on any atom is 0.508 e. The van der Waals surface area contributed by atoms with Crippen LogP contribution in [0.25, 0.3) is 0 Å². The number of carbonyl (C=O) groups excluding carboxylic acids is 3. The van der Waals surface area contributed by atoms with Crippen LogP contribution in [0.1, 0.15) is 0 Å². The summed E-state index contributed by atoms with van der Waals surface area (Å²) in [5, 5.41) is 0. The van der Waals surface area contributed by atoms with Crippen molar-refractivity contribution in [2.24, 2.45) is 0 Å². The van der Waals surface area contributed by atoms with Crippen LogP contribution in [0.4, 0.5) is 14.0 Å². The van der Waals surface area contributed by atoms with Gasteiger partial charge in [0.05, 0.1) is 19.0 Å². The highest BCUT2D eigenvalue weighted by Gasteiger charge is 2.33. The van der Waals surface area contributed by atoms with Gasteiger partial charge >= 0.3 is 12.3 Å². The SMILES string of the molecule is COC(=O)OC[C@H](Br)[C@@H](OC(=O)OC)[C@H](F)C=O. The van der Waals surface area contributed by atoms with Crippen molar-refractivity contribution in [1.29, 1.82) is 0 Å². The summed E-state index contributed by atoms with van der Waals surface area (Å²) < 4.78 is 30.7. The van der Waals surface area contributed by atoms with E-state index in [4.69, 9.17) is 0 Å². The van der Waals surface area contributed by atoms with E-state index >= 15 is 0 Å². The fourth-order valence-electron chi connectivity index (χ4n) is 0.876. The van der Waals surface area contributed by atoms with Crippen molar-refractivity contribution in [2.75, 3.05) is 20.8 Å². The lowest BCUT2D eigenvalue weighted by Crippen LogP contribution is -2.39. The minimum absolute atomic E-state index is 0.0417. The van der Waals surface area contributed by atoms with Gasteiger partial charge in [-0.2, -0.15) is 0 Å². The maximum atomic E-state index is 13.2. The minimum Gasteiger partial charge on any atom is -0.438 e. The van der Waals surface area contributed by atoms with E-state index in [2.05, 4.69) is 34.9 Å². The number of aldehydes is 1. The molecule has 0 N–H and O–H groups in total. The molecule has 3 atom stereocenters. The van der Waals surface area contributed by atoms with E-state index in [0.717, 1.165) is 14.2 Å². The van der Waals surface area contributed by atoms with Crippen LogP contribution in [0, 0.1) is 0 Å². The molecule has 0 amide bonds. The van der Waals surface area contributed by atoms with Crippen molar-refractivity contribution in [3.63, 3.8) is 0 Å². The highest BCUT2D eigenvalue weighted by molar-refractivity contribution is 9.09.